The summed E-state index contributed by atoms with van der Waals surface area (Å²) < 4.78 is 26.6. The van der Waals surface area contributed by atoms with Gasteiger partial charge in [0, 0.05) is 19.1 Å². The van der Waals surface area contributed by atoms with Crippen molar-refractivity contribution in [2.45, 2.75) is 51.8 Å². The van der Waals surface area contributed by atoms with Crippen LogP contribution in [0.15, 0.2) is 0 Å². The Morgan fingerprint density at radius 3 is 2.65 bits per heavy atom. The lowest BCUT2D eigenvalue weighted by Crippen LogP contribution is -2.50. The van der Waals surface area contributed by atoms with Crippen LogP contribution >= 0.6 is 0 Å². The molecule has 1 aliphatic heterocycles. The summed E-state index contributed by atoms with van der Waals surface area (Å²) in [4.78, 5) is 0. The summed E-state index contributed by atoms with van der Waals surface area (Å²) in [5, 5.41) is 2.78. The first-order valence-electron chi connectivity index (χ1n) is 6.62. The highest BCUT2D eigenvalue weighted by molar-refractivity contribution is 7.89. The van der Waals surface area contributed by atoms with E-state index < -0.39 is 10.0 Å². The van der Waals surface area contributed by atoms with Crippen LogP contribution in [0, 0.1) is 5.92 Å². The SMILES string of the molecule is CCNCC(C)S(=O)(=O)N1CCCC(C)C1C. The van der Waals surface area contributed by atoms with Gasteiger partial charge < -0.3 is 5.32 Å². The molecule has 1 fully saturated rings. The van der Waals surface area contributed by atoms with Crippen molar-refractivity contribution in [1.82, 2.24) is 9.62 Å². The molecule has 1 heterocycles. The average Bonchev–Trinajstić information content (AvgIpc) is 2.29. The molecule has 5 heteroatoms. The maximum Gasteiger partial charge on any atom is 0.218 e. The molecule has 0 amide bonds. The number of nitrogens with one attached hydrogen (secondary N) is 1. The van der Waals surface area contributed by atoms with Crippen LogP contribution in [0.2, 0.25) is 0 Å². The molecule has 0 aromatic carbocycles. The van der Waals surface area contributed by atoms with Crippen LogP contribution in [-0.2, 0) is 10.0 Å². The fourth-order valence-corrected chi connectivity index (χ4v) is 4.19. The zero-order valence-corrected chi connectivity index (χ0v) is 12.3. The summed E-state index contributed by atoms with van der Waals surface area (Å²) in [5.74, 6) is 0.463. The van der Waals surface area contributed by atoms with Crippen molar-refractivity contribution in [2.75, 3.05) is 19.6 Å². The van der Waals surface area contributed by atoms with Crippen LogP contribution in [0.5, 0.6) is 0 Å². The molecule has 102 valence electrons. The Morgan fingerprint density at radius 2 is 2.06 bits per heavy atom. The molecule has 1 aliphatic rings. The van der Waals surface area contributed by atoms with E-state index in [2.05, 4.69) is 12.2 Å². The number of rotatable bonds is 5. The Balaban J connectivity index is 2.74. The first-order valence-corrected chi connectivity index (χ1v) is 8.13. The molecule has 0 aromatic rings. The van der Waals surface area contributed by atoms with Crippen molar-refractivity contribution in [3.8, 4) is 0 Å². The standard InChI is InChI=1S/C12H26N2O2S/c1-5-13-9-11(3)17(15,16)14-8-6-7-10(2)12(14)4/h10-13H,5-9H2,1-4H3. The quantitative estimate of drug-likeness (QED) is 0.815. The summed E-state index contributed by atoms with van der Waals surface area (Å²) >= 11 is 0. The first kappa shape index (κ1) is 14.9. The zero-order chi connectivity index (χ0) is 13.1. The molecule has 1 N–H and O–H groups in total. The number of nitrogens with zero attached hydrogens (tertiary/aromatic N) is 1. The van der Waals surface area contributed by atoms with Gasteiger partial charge in [0.25, 0.3) is 0 Å². The van der Waals surface area contributed by atoms with Gasteiger partial charge in [-0.1, -0.05) is 13.8 Å². The third-order valence-electron chi connectivity index (χ3n) is 3.83. The molecule has 3 atom stereocenters. The van der Waals surface area contributed by atoms with E-state index in [4.69, 9.17) is 0 Å². The highest BCUT2D eigenvalue weighted by atomic mass is 32.2. The Kier molecular flexibility index (Phi) is 5.41. The molecule has 0 radical (unpaired) electrons. The van der Waals surface area contributed by atoms with Crippen LogP contribution in [0.25, 0.3) is 0 Å². The largest absolute Gasteiger partial charge is 0.316 e. The summed E-state index contributed by atoms with van der Waals surface area (Å²) in [6.45, 7) is 9.99. The third-order valence-corrected chi connectivity index (χ3v) is 6.19. The van der Waals surface area contributed by atoms with Gasteiger partial charge in [0.15, 0.2) is 0 Å². The van der Waals surface area contributed by atoms with Gasteiger partial charge >= 0.3 is 0 Å². The van der Waals surface area contributed by atoms with Gasteiger partial charge in [0.1, 0.15) is 0 Å². The molecule has 17 heavy (non-hydrogen) atoms. The van der Waals surface area contributed by atoms with Crippen LogP contribution in [0.1, 0.15) is 40.5 Å². The van der Waals surface area contributed by atoms with Crippen LogP contribution in [0.4, 0.5) is 0 Å². The van der Waals surface area contributed by atoms with Crippen molar-refractivity contribution in [3.05, 3.63) is 0 Å². The van der Waals surface area contributed by atoms with Gasteiger partial charge in [0.05, 0.1) is 5.25 Å². The average molecular weight is 262 g/mol. The minimum Gasteiger partial charge on any atom is -0.316 e. The number of hydrogen-bond donors (Lipinski definition) is 1. The van der Waals surface area contributed by atoms with E-state index in [0.717, 1.165) is 19.4 Å². The second-order valence-corrected chi connectivity index (χ2v) is 7.44. The lowest BCUT2D eigenvalue weighted by Gasteiger charge is -2.38. The zero-order valence-electron chi connectivity index (χ0n) is 11.4. The summed E-state index contributed by atoms with van der Waals surface area (Å²) in [7, 11) is -3.15. The predicted octanol–water partition coefficient (Wildman–Crippen LogP) is 1.43. The summed E-state index contributed by atoms with van der Waals surface area (Å²) in [6, 6.07) is 0.137. The maximum atomic E-state index is 12.4. The molecule has 0 bridgehead atoms. The van der Waals surface area contributed by atoms with Crippen LogP contribution < -0.4 is 5.32 Å². The molecule has 4 nitrogen and oxygen atoms in total. The van der Waals surface area contributed by atoms with Gasteiger partial charge in [0.2, 0.25) is 10.0 Å². The minimum absolute atomic E-state index is 0.137. The lowest BCUT2D eigenvalue weighted by atomic mass is 9.94. The van der Waals surface area contributed by atoms with Gasteiger partial charge in [-0.05, 0) is 39.2 Å². The molecule has 0 spiro atoms. The second-order valence-electron chi connectivity index (χ2n) is 5.13. The van der Waals surface area contributed by atoms with Gasteiger partial charge in [-0.25, -0.2) is 8.42 Å². The number of sulfonamides is 1. The van der Waals surface area contributed by atoms with Crippen molar-refractivity contribution < 1.29 is 8.42 Å². The smallest absolute Gasteiger partial charge is 0.218 e. The van der Waals surface area contributed by atoms with Crippen LogP contribution in [-0.4, -0.2) is 43.6 Å². The van der Waals surface area contributed by atoms with Gasteiger partial charge in [-0.2, -0.15) is 4.31 Å². The highest BCUT2D eigenvalue weighted by Crippen LogP contribution is 2.26. The monoisotopic (exact) mass is 262 g/mol. The highest BCUT2D eigenvalue weighted by Gasteiger charge is 2.36. The molecule has 0 aromatic heterocycles. The maximum absolute atomic E-state index is 12.4. The fraction of sp³-hybridized carbons (Fsp3) is 1.00. The van der Waals surface area contributed by atoms with E-state index in [0.29, 0.717) is 19.0 Å². The Bertz CT molecular complexity index is 329. The topological polar surface area (TPSA) is 49.4 Å². The first-order chi connectivity index (χ1) is 7.91. The van der Waals surface area contributed by atoms with E-state index in [9.17, 15) is 8.42 Å². The van der Waals surface area contributed by atoms with Crippen molar-refractivity contribution in [3.63, 3.8) is 0 Å². The predicted molar refractivity (Wildman–Crippen MR) is 71.5 cm³/mol. The Morgan fingerprint density at radius 1 is 1.41 bits per heavy atom. The molecule has 1 saturated heterocycles. The van der Waals surface area contributed by atoms with E-state index in [-0.39, 0.29) is 11.3 Å². The Labute approximate surface area is 106 Å². The number of piperidine rings is 1. The Hall–Kier alpha value is -0.130. The van der Waals surface area contributed by atoms with Gasteiger partial charge in [-0.15, -0.1) is 0 Å². The van der Waals surface area contributed by atoms with Crippen molar-refractivity contribution in [1.29, 1.82) is 0 Å². The van der Waals surface area contributed by atoms with E-state index >= 15 is 0 Å². The van der Waals surface area contributed by atoms with Crippen LogP contribution in [0.3, 0.4) is 0 Å². The molecule has 0 saturated carbocycles. The number of hydrogen-bond acceptors (Lipinski definition) is 3. The lowest BCUT2D eigenvalue weighted by molar-refractivity contribution is 0.200. The van der Waals surface area contributed by atoms with E-state index in [1.807, 2.05) is 13.8 Å². The summed E-state index contributed by atoms with van der Waals surface area (Å²) in [6.07, 6.45) is 2.12. The summed E-state index contributed by atoms with van der Waals surface area (Å²) in [5.41, 5.74) is 0. The fourth-order valence-electron chi connectivity index (χ4n) is 2.34. The van der Waals surface area contributed by atoms with Crippen molar-refractivity contribution in [2.24, 2.45) is 5.92 Å². The molecular weight excluding hydrogens is 236 g/mol. The molecular formula is C12H26N2O2S. The van der Waals surface area contributed by atoms with E-state index in [1.54, 1.807) is 11.2 Å². The third kappa shape index (κ3) is 3.42. The second kappa shape index (κ2) is 6.16. The minimum atomic E-state index is -3.15. The molecule has 1 rings (SSSR count). The van der Waals surface area contributed by atoms with E-state index in [1.165, 1.54) is 0 Å². The molecule has 0 aliphatic carbocycles. The van der Waals surface area contributed by atoms with Crippen molar-refractivity contribution >= 4 is 10.0 Å². The van der Waals surface area contributed by atoms with Gasteiger partial charge in [-0.3, -0.25) is 0 Å². The normalized spacial score (nSPS) is 29.2. The molecule has 3 unspecified atom stereocenters.